The van der Waals surface area contributed by atoms with E-state index in [4.69, 9.17) is 25.8 Å². The first-order valence-corrected chi connectivity index (χ1v) is 23.3. The maximum Gasteiger partial charge on any atom is 0.410 e. The van der Waals surface area contributed by atoms with E-state index in [0.717, 1.165) is 40.7 Å². The number of ether oxygens (including phenoxy) is 3. The van der Waals surface area contributed by atoms with Crippen molar-refractivity contribution in [3.8, 4) is 11.1 Å². The van der Waals surface area contributed by atoms with Gasteiger partial charge in [0.25, 0.3) is 0 Å². The van der Waals surface area contributed by atoms with Gasteiger partial charge in [-0.2, -0.15) is 0 Å². The van der Waals surface area contributed by atoms with Crippen molar-refractivity contribution < 1.29 is 28.6 Å². The molecule has 5 aromatic carbocycles. The Bertz CT molecular complexity index is 2270. The molecule has 9 heteroatoms. The first-order chi connectivity index (χ1) is 30.8. The van der Waals surface area contributed by atoms with E-state index in [1.54, 1.807) is 11.0 Å². The van der Waals surface area contributed by atoms with Crippen LogP contribution in [0.3, 0.4) is 0 Å². The number of nitrogens with zero attached hydrogens (tertiary/aromatic N) is 2. The van der Waals surface area contributed by atoms with Gasteiger partial charge in [-0.1, -0.05) is 184 Å². The van der Waals surface area contributed by atoms with Crippen LogP contribution in [0.4, 0.5) is 4.79 Å². The highest BCUT2D eigenvalue weighted by atomic mass is 35.5. The largest absolute Gasteiger partial charge is 0.448 e. The summed E-state index contributed by atoms with van der Waals surface area (Å²) < 4.78 is 18.5. The minimum atomic E-state index is -1.49. The Morgan fingerprint density at radius 1 is 0.698 bits per heavy atom. The predicted octanol–water partition coefficient (Wildman–Crippen LogP) is 11.7. The van der Waals surface area contributed by atoms with E-state index in [1.165, 1.54) is 68.9 Å². The van der Waals surface area contributed by atoms with Crippen molar-refractivity contribution in [2.45, 2.75) is 94.1 Å². The molecular weight excluding hydrogens is 808 g/mol. The molecule has 1 unspecified atom stereocenters. The lowest BCUT2D eigenvalue weighted by molar-refractivity contribution is -0.158. The molecule has 2 atom stereocenters. The molecule has 0 radical (unpaired) electrons. The number of rotatable bonds is 11. The monoisotopic (exact) mass is 866 g/mol. The lowest BCUT2D eigenvalue weighted by Crippen LogP contribution is -2.53. The molecule has 0 bridgehead atoms. The number of esters is 1. The number of benzene rings is 5. The topological polar surface area (TPSA) is 85.4 Å². The molecule has 2 fully saturated rings. The summed E-state index contributed by atoms with van der Waals surface area (Å²) in [6.45, 7) is 1.46. The zero-order valence-electron chi connectivity index (χ0n) is 36.4. The highest BCUT2D eigenvalue weighted by Gasteiger charge is 2.44. The van der Waals surface area contributed by atoms with Gasteiger partial charge in [0.05, 0.1) is 19.6 Å². The molecule has 1 saturated heterocycles. The summed E-state index contributed by atoms with van der Waals surface area (Å²) in [5.74, 6) is -0.768. The Hall–Kier alpha value is -5.44. The fourth-order valence-electron chi connectivity index (χ4n) is 9.96. The molecule has 8 nitrogen and oxygen atoms in total. The summed E-state index contributed by atoms with van der Waals surface area (Å²) >= 11 is 7.09. The van der Waals surface area contributed by atoms with Crippen molar-refractivity contribution in [1.29, 1.82) is 0 Å². The summed E-state index contributed by atoms with van der Waals surface area (Å²) in [6.07, 6.45) is 11.4. The van der Waals surface area contributed by atoms with Crippen molar-refractivity contribution >= 4 is 29.6 Å². The molecular formula is C54H59ClN2O6. The Morgan fingerprint density at radius 3 is 1.86 bits per heavy atom. The van der Waals surface area contributed by atoms with Gasteiger partial charge in [0.15, 0.2) is 5.60 Å². The summed E-state index contributed by atoms with van der Waals surface area (Å²) in [6, 6.07) is 40.7. The molecule has 0 aromatic heterocycles. The van der Waals surface area contributed by atoms with Gasteiger partial charge in [0.2, 0.25) is 5.91 Å². The Balaban J connectivity index is 1.10. The first kappa shape index (κ1) is 44.2. The average Bonchev–Trinajstić information content (AvgIpc) is 3.61. The van der Waals surface area contributed by atoms with Gasteiger partial charge >= 0.3 is 12.1 Å². The third kappa shape index (κ3) is 9.88. The molecule has 5 aromatic rings. The van der Waals surface area contributed by atoms with E-state index in [9.17, 15) is 14.4 Å². The predicted molar refractivity (Wildman–Crippen MR) is 248 cm³/mol. The highest BCUT2D eigenvalue weighted by Crippen LogP contribution is 2.46. The van der Waals surface area contributed by atoms with Crippen LogP contribution in [0, 0.1) is 0 Å². The average molecular weight is 868 g/mol. The fraction of sp³-hybridized carbons (Fsp3) is 0.389. The quantitative estimate of drug-likeness (QED) is 0.0971. The van der Waals surface area contributed by atoms with Crippen molar-refractivity contribution in [2.75, 3.05) is 40.0 Å². The third-order valence-electron chi connectivity index (χ3n) is 13.4. The number of fused-ring (bicyclic) bond motifs is 3. The standard InChI is InChI=1S/C54H59ClN2O6/c1-56(53(60)62-38-47-45-25-15-13-23-43(45)44-24-14-16-26-46(44)47)50(52(59)57-33-35-61-36-34-57)37-51(58)63-54(41-21-11-8-12-22-41,48-27-17-18-28-49(48)55)42-31-29-40(30-32-42)39-19-9-6-4-2-3-5-7-10-20-39/h8,11-18,21-32,39,47,50H,2-7,9-10,19-20,33-38H2,1H3/t50-,54?/m0/s1. The van der Waals surface area contributed by atoms with Gasteiger partial charge in [-0.15, -0.1) is 0 Å². The van der Waals surface area contributed by atoms with Crippen LogP contribution >= 0.6 is 11.6 Å². The Kier molecular flexibility index (Phi) is 14.6. The van der Waals surface area contributed by atoms with Crippen LogP contribution in [-0.2, 0) is 29.4 Å². The molecule has 1 aliphatic heterocycles. The normalized spacial score (nSPS) is 17.6. The number of morpholine rings is 1. The van der Waals surface area contributed by atoms with E-state index in [0.29, 0.717) is 48.4 Å². The number of carbonyl (C=O) groups is 3. The molecule has 8 rings (SSSR count). The Labute approximate surface area is 377 Å². The molecule has 328 valence electrons. The zero-order valence-corrected chi connectivity index (χ0v) is 37.1. The van der Waals surface area contributed by atoms with E-state index < -0.39 is 30.1 Å². The van der Waals surface area contributed by atoms with E-state index in [1.807, 2.05) is 72.8 Å². The first-order valence-electron chi connectivity index (χ1n) is 22.9. The highest BCUT2D eigenvalue weighted by molar-refractivity contribution is 6.31. The van der Waals surface area contributed by atoms with Crippen molar-refractivity contribution in [3.05, 3.63) is 166 Å². The number of likely N-dealkylation sites (N-methyl/N-ethyl adjacent to an activating group) is 1. The maximum absolute atomic E-state index is 14.9. The van der Waals surface area contributed by atoms with Crippen molar-refractivity contribution in [3.63, 3.8) is 0 Å². The van der Waals surface area contributed by atoms with Gasteiger partial charge in [0.1, 0.15) is 12.6 Å². The van der Waals surface area contributed by atoms with E-state index in [-0.39, 0.29) is 18.4 Å². The Morgan fingerprint density at radius 2 is 1.24 bits per heavy atom. The molecule has 0 spiro atoms. The number of halogens is 1. The molecule has 1 saturated carbocycles. The van der Waals surface area contributed by atoms with Crippen LogP contribution in [0.5, 0.6) is 0 Å². The molecule has 63 heavy (non-hydrogen) atoms. The van der Waals surface area contributed by atoms with Crippen molar-refractivity contribution in [2.24, 2.45) is 0 Å². The SMILES string of the molecule is CN(C(=O)OCC1c2ccccc2-c2ccccc21)[C@@H](CC(=O)OC(c1ccccc1)(c1ccc(C2CCCCCCCCCC2)cc1)c1ccccc1Cl)C(=O)N1CCOCC1. The van der Waals surface area contributed by atoms with E-state index >= 15 is 0 Å². The summed E-state index contributed by atoms with van der Waals surface area (Å²) in [7, 11) is 1.52. The minimum absolute atomic E-state index is 0.0700. The smallest absolute Gasteiger partial charge is 0.410 e. The van der Waals surface area contributed by atoms with Crippen LogP contribution in [0.1, 0.15) is 116 Å². The van der Waals surface area contributed by atoms with Crippen molar-refractivity contribution in [1.82, 2.24) is 9.80 Å². The summed E-state index contributed by atoms with van der Waals surface area (Å²) in [5.41, 5.74) is 6.21. The maximum atomic E-state index is 14.9. The summed E-state index contributed by atoms with van der Waals surface area (Å²) in [4.78, 5) is 46.4. The zero-order chi connectivity index (χ0) is 43.6. The minimum Gasteiger partial charge on any atom is -0.448 e. The number of hydrogen-bond acceptors (Lipinski definition) is 6. The van der Waals surface area contributed by atoms with E-state index in [2.05, 4.69) is 48.5 Å². The van der Waals surface area contributed by atoms with Crippen LogP contribution < -0.4 is 0 Å². The van der Waals surface area contributed by atoms with Crippen LogP contribution in [0.25, 0.3) is 11.1 Å². The third-order valence-corrected chi connectivity index (χ3v) is 13.7. The van der Waals surface area contributed by atoms with Gasteiger partial charge in [-0.05, 0) is 52.6 Å². The molecule has 1 heterocycles. The second-order valence-corrected chi connectivity index (χ2v) is 17.7. The summed E-state index contributed by atoms with van der Waals surface area (Å²) in [5, 5.41) is 0.429. The molecule has 2 aliphatic carbocycles. The number of hydrogen-bond donors (Lipinski definition) is 0. The second kappa shape index (κ2) is 20.8. The van der Waals surface area contributed by atoms with Gasteiger partial charge in [-0.3, -0.25) is 14.5 Å². The van der Waals surface area contributed by atoms with Crippen LogP contribution in [0.15, 0.2) is 127 Å². The van der Waals surface area contributed by atoms with Gasteiger partial charge in [0, 0.05) is 47.8 Å². The fourth-order valence-corrected chi connectivity index (χ4v) is 10.2. The van der Waals surface area contributed by atoms with Gasteiger partial charge in [-0.25, -0.2) is 4.79 Å². The lowest BCUT2D eigenvalue weighted by atomic mass is 9.78. The van der Waals surface area contributed by atoms with Crippen LogP contribution in [0.2, 0.25) is 5.02 Å². The molecule has 3 aliphatic rings. The second-order valence-electron chi connectivity index (χ2n) is 17.3. The van der Waals surface area contributed by atoms with Gasteiger partial charge < -0.3 is 19.1 Å². The number of carbonyl (C=O) groups excluding carboxylic acids is 3. The number of amides is 2. The molecule has 2 amide bonds. The molecule has 0 N–H and O–H groups in total. The van der Waals surface area contributed by atoms with Crippen LogP contribution in [-0.4, -0.2) is 73.8 Å². The lowest BCUT2D eigenvalue weighted by Gasteiger charge is -2.37.